The molecular weight excluding hydrogens is 1150 g/mol. The molecular formula is C58H82ClN7O16S2. The van der Waals surface area contributed by atoms with E-state index >= 15 is 0 Å². The second-order valence-electron chi connectivity index (χ2n) is 22.1. The van der Waals surface area contributed by atoms with Crippen LogP contribution >= 0.6 is 33.2 Å². The molecule has 3 heterocycles. The molecule has 0 bridgehead atoms. The maximum atomic E-state index is 14.3. The van der Waals surface area contributed by atoms with Gasteiger partial charge < -0.3 is 53.4 Å². The van der Waals surface area contributed by atoms with E-state index in [-0.39, 0.29) is 62.0 Å². The van der Waals surface area contributed by atoms with Crippen molar-refractivity contribution < 1.29 is 77.1 Å². The van der Waals surface area contributed by atoms with E-state index in [2.05, 4.69) is 15.8 Å². The van der Waals surface area contributed by atoms with Crippen molar-refractivity contribution in [1.82, 2.24) is 20.7 Å². The lowest BCUT2D eigenvalue weighted by molar-refractivity contribution is -0.197. The van der Waals surface area contributed by atoms with Gasteiger partial charge in [-0.15, -0.1) is 5.06 Å². The fraction of sp³-hybridized carbons (Fsp3) is 0.603. The molecule has 23 nitrogen and oxygen atoms in total. The third-order valence-corrected chi connectivity index (χ3v) is 19.0. The zero-order chi connectivity index (χ0) is 62.4. The van der Waals surface area contributed by atoms with Gasteiger partial charge in [-0.25, -0.2) is 19.8 Å². The molecule has 6 amide bonds. The van der Waals surface area contributed by atoms with Crippen molar-refractivity contribution in [2.75, 3.05) is 64.1 Å². The van der Waals surface area contributed by atoms with Crippen LogP contribution < -0.4 is 30.0 Å². The summed E-state index contributed by atoms with van der Waals surface area (Å²) in [7, 11) is 10.6. The number of anilines is 2. The van der Waals surface area contributed by atoms with E-state index in [4.69, 9.17) is 40.1 Å². The molecule has 0 unspecified atom stereocenters. The zero-order valence-electron chi connectivity index (χ0n) is 50.2. The Labute approximate surface area is 504 Å². The summed E-state index contributed by atoms with van der Waals surface area (Å²) >= 11 is 6.79. The van der Waals surface area contributed by atoms with Crippen LogP contribution in [0.15, 0.2) is 47.1 Å². The molecule has 0 radical (unpaired) electrons. The molecule has 5 rings (SSSR count). The molecule has 0 spiro atoms. The Bertz CT molecular complexity index is 2790. The maximum absolute atomic E-state index is 14.3. The number of carbonyl (C=O) groups is 8. The molecule has 3 aliphatic heterocycles. The summed E-state index contributed by atoms with van der Waals surface area (Å²) in [4.78, 5) is 113. The molecule has 26 heteroatoms. The first kappa shape index (κ1) is 68.7. The number of nitrogens with zero attached hydrogens (tertiary/aromatic N) is 5. The van der Waals surface area contributed by atoms with Crippen molar-refractivity contribution in [2.45, 2.75) is 161 Å². The van der Waals surface area contributed by atoms with Crippen molar-refractivity contribution >= 4 is 97.8 Å². The van der Waals surface area contributed by atoms with Gasteiger partial charge in [-0.1, -0.05) is 58.7 Å². The minimum absolute atomic E-state index is 0.0162. The molecule has 3 aliphatic rings. The number of hydrogen-bond acceptors (Lipinski definition) is 20. The number of esters is 1. The average Bonchev–Trinajstić information content (AvgIpc) is 3.19. The van der Waals surface area contributed by atoms with E-state index in [1.807, 2.05) is 57.9 Å². The van der Waals surface area contributed by atoms with Crippen LogP contribution in [0.1, 0.15) is 124 Å². The monoisotopic (exact) mass is 1230 g/mol. The van der Waals surface area contributed by atoms with Crippen LogP contribution in [0.2, 0.25) is 5.02 Å². The summed E-state index contributed by atoms with van der Waals surface area (Å²) in [5.74, 6) is -4.44. The lowest BCUT2D eigenvalue weighted by atomic mass is 9.81. The topological polar surface area (TPSA) is 282 Å². The van der Waals surface area contributed by atoms with Crippen LogP contribution in [0.3, 0.4) is 0 Å². The molecule has 0 aliphatic carbocycles. The Morgan fingerprint density at radius 1 is 1.02 bits per heavy atom. The summed E-state index contributed by atoms with van der Waals surface area (Å²) in [6, 6.07) is 7.90. The lowest BCUT2D eigenvalue weighted by Crippen LogP contribution is -2.63. The number of aliphatic hydroxyl groups excluding tert-OH is 1. The minimum Gasteiger partial charge on any atom is -0.495 e. The number of likely N-dealkylation sites (N-methyl/N-ethyl adjacent to an activating group) is 1. The Balaban J connectivity index is 1.16. The number of hydrogen-bond donors (Lipinski definition) is 4. The summed E-state index contributed by atoms with van der Waals surface area (Å²) in [5, 5.41) is 30.8. The van der Waals surface area contributed by atoms with Gasteiger partial charge in [0.05, 0.1) is 44.1 Å². The molecule has 84 heavy (non-hydrogen) atoms. The Kier molecular flexibility index (Phi) is 25.2. The molecule has 8 atom stereocenters. The SMILES string of the molecule is C/C=C(\C)Cc1cc(OC)c(Cl)c(N(C)C(=O)C[C@H](OC(=O)[C@H](C)N(C)C(=O)CCSSC(C)(C)CC(=O)N/N=C2\CCN(C)c3cc(OCCCC(=O)ON4C(=O)CCC4=O)ccc32)[C@@H](C)[C@@H](O)[C@H](C)[C@@H]2C[C@](O)([C@@H](C)OC)NC(=O)O2)c1. The second-order valence-corrected chi connectivity index (χ2v) is 25.6. The van der Waals surface area contributed by atoms with E-state index in [9.17, 15) is 48.6 Å². The number of rotatable bonds is 29. The Hall–Kier alpha value is -6.12. The fourth-order valence-electron chi connectivity index (χ4n) is 9.48. The summed E-state index contributed by atoms with van der Waals surface area (Å²) in [6.07, 6.45) is -2.54. The number of cyclic esters (lactones) is 1. The number of carbonyl (C=O) groups excluding carboxylic acids is 8. The first-order valence-electron chi connectivity index (χ1n) is 27.9. The van der Waals surface area contributed by atoms with Crippen LogP contribution in [-0.2, 0) is 59.0 Å². The first-order chi connectivity index (χ1) is 39.5. The molecule has 2 aromatic carbocycles. The maximum Gasteiger partial charge on any atom is 0.409 e. The number of ether oxygens (including phenoxy) is 5. The highest BCUT2D eigenvalue weighted by molar-refractivity contribution is 8.77. The normalized spacial score (nSPS) is 19.9. The number of nitrogens with one attached hydrogen (secondary N) is 2. The van der Waals surface area contributed by atoms with Crippen molar-refractivity contribution in [3.63, 3.8) is 0 Å². The van der Waals surface area contributed by atoms with Gasteiger partial charge in [0.1, 0.15) is 40.9 Å². The number of imide groups is 1. The van der Waals surface area contributed by atoms with Crippen LogP contribution in [0.25, 0.3) is 0 Å². The predicted molar refractivity (Wildman–Crippen MR) is 319 cm³/mol. The van der Waals surface area contributed by atoms with Crippen LogP contribution in [0, 0.1) is 11.8 Å². The van der Waals surface area contributed by atoms with E-state index in [0.29, 0.717) is 59.5 Å². The van der Waals surface area contributed by atoms with Crippen molar-refractivity contribution in [2.24, 2.45) is 16.9 Å². The number of alkyl carbamates (subject to hydrolysis) is 1. The number of fused-ring (bicyclic) bond motifs is 1. The van der Waals surface area contributed by atoms with E-state index in [0.717, 1.165) is 22.4 Å². The standard InChI is InChI=1S/C58H82ClN7O16S2/c1-14-33(2)26-38-27-43(53(59)45(28-38)78-13)65(11)51(71)30-44(34(3)54(73)35(4)46-31-58(76,37(6)77-12)60-56(75)81-46)80-55(74)36(5)64(10)48(68)22-25-83-84-57(7,8)32-47(67)62-61-41-21-23-63(9)42-29-39(17-18-40(41)42)79-24-15-16-52(72)82-66-49(69)19-20-50(66)70/h14,17-18,27-29,34-37,44,46,54,73,76H,15-16,19-26,30-32H2,1-13H3,(H,60,75)(H,62,67)/b33-14+,61-41+/t34-,35-,36+,37-,44+,46+,54-,58+/m1/s1. The number of benzene rings is 2. The highest BCUT2D eigenvalue weighted by Crippen LogP contribution is 2.40. The van der Waals surface area contributed by atoms with Crippen LogP contribution in [0.5, 0.6) is 11.5 Å². The molecule has 2 saturated heterocycles. The average molecular weight is 1230 g/mol. The van der Waals surface area contributed by atoms with Gasteiger partial charge in [0.2, 0.25) is 17.7 Å². The smallest absolute Gasteiger partial charge is 0.409 e. The fourth-order valence-corrected chi connectivity index (χ4v) is 12.3. The van der Waals surface area contributed by atoms with Crippen molar-refractivity contribution in [3.05, 3.63) is 58.1 Å². The molecule has 464 valence electrons. The Morgan fingerprint density at radius 2 is 1.71 bits per heavy atom. The molecule has 4 N–H and O–H groups in total. The molecule has 2 aromatic rings. The van der Waals surface area contributed by atoms with Crippen molar-refractivity contribution in [1.29, 1.82) is 0 Å². The number of halogens is 1. The van der Waals surface area contributed by atoms with Gasteiger partial charge in [-0.3, -0.25) is 29.3 Å². The molecule has 0 saturated carbocycles. The van der Waals surface area contributed by atoms with Gasteiger partial charge >= 0.3 is 18.0 Å². The van der Waals surface area contributed by atoms with Gasteiger partial charge in [-0.05, 0) is 84.2 Å². The largest absolute Gasteiger partial charge is 0.495 e. The van der Waals surface area contributed by atoms with Crippen molar-refractivity contribution in [3.8, 4) is 11.5 Å². The van der Waals surface area contributed by atoms with E-state index in [1.54, 1.807) is 39.0 Å². The van der Waals surface area contributed by atoms with Gasteiger partial charge in [-0.2, -0.15) is 5.10 Å². The number of methoxy groups -OCH3 is 2. The summed E-state index contributed by atoms with van der Waals surface area (Å²) < 4.78 is 27.8. The first-order valence-corrected chi connectivity index (χ1v) is 30.6. The number of amides is 6. The summed E-state index contributed by atoms with van der Waals surface area (Å²) in [5.41, 5.74) is 5.45. The number of aliphatic hydroxyl groups is 2. The quantitative estimate of drug-likeness (QED) is 0.0161. The number of hydrazone groups is 1. The lowest BCUT2D eigenvalue weighted by Gasteiger charge is -2.43. The Morgan fingerprint density at radius 3 is 2.37 bits per heavy atom. The zero-order valence-corrected chi connectivity index (χ0v) is 52.6. The predicted octanol–water partition coefficient (Wildman–Crippen LogP) is 6.89. The minimum atomic E-state index is -1.82. The van der Waals surface area contributed by atoms with Gasteiger partial charge in [0.15, 0.2) is 5.72 Å². The number of hydroxylamine groups is 2. The third kappa shape index (κ3) is 18.4. The third-order valence-electron chi connectivity index (χ3n) is 15.3. The highest BCUT2D eigenvalue weighted by Gasteiger charge is 2.48. The number of allylic oxidation sites excluding steroid dienone is 2. The second kappa shape index (κ2) is 30.8. The summed E-state index contributed by atoms with van der Waals surface area (Å²) in [6.45, 7) is 14.8. The molecule has 2 fully saturated rings. The highest BCUT2D eigenvalue weighted by atomic mass is 35.5. The van der Waals surface area contributed by atoms with Crippen LogP contribution in [-0.4, -0.2) is 169 Å². The van der Waals surface area contributed by atoms with E-state index < -0.39 is 94.9 Å². The van der Waals surface area contributed by atoms with Gasteiger partial charge in [0.25, 0.3) is 11.8 Å². The van der Waals surface area contributed by atoms with Gasteiger partial charge in [0, 0.05) is 113 Å². The van der Waals surface area contributed by atoms with E-state index in [1.165, 1.54) is 66.6 Å². The molecule has 0 aromatic heterocycles. The van der Waals surface area contributed by atoms with Crippen LogP contribution in [0.4, 0.5) is 16.2 Å².